The average molecular weight is 1080 g/mol. The van der Waals surface area contributed by atoms with Crippen LogP contribution in [0.15, 0.2) is 0 Å². The molecule has 8 aliphatic rings. The zero-order valence-electron chi connectivity index (χ0n) is 46.2. The number of aliphatic hydroxyl groups is 5. The number of fused-ring (bicyclic) bond motifs is 5. The molecule has 6 aliphatic carbocycles. The molecule has 0 aromatic rings. The Kier molecular flexibility index (Phi) is 19.6. The maximum absolute atomic E-state index is 15.3. The minimum absolute atomic E-state index is 0.00125. The Hall–Kier alpha value is -2.56. The molecule has 2 saturated heterocycles. The van der Waals surface area contributed by atoms with Crippen molar-refractivity contribution < 1.29 is 83.0 Å². The highest BCUT2D eigenvalue weighted by molar-refractivity contribution is 5.74. The molecule has 0 aromatic carbocycles. The molecule has 25 atom stereocenters. The monoisotopic (exact) mass is 1080 g/mol. The van der Waals surface area contributed by atoms with Gasteiger partial charge in [0.15, 0.2) is 18.7 Å². The Morgan fingerprint density at radius 3 is 2.18 bits per heavy atom. The third-order valence-electron chi connectivity index (χ3n) is 21.1. The van der Waals surface area contributed by atoms with Crippen LogP contribution in [-0.4, -0.2) is 160 Å². The number of aliphatic hydroxyl groups excluding tert-OH is 5. The van der Waals surface area contributed by atoms with Gasteiger partial charge < -0.3 is 74.8 Å². The summed E-state index contributed by atoms with van der Waals surface area (Å²) in [6.07, 6.45) is -2.33. The van der Waals surface area contributed by atoms with Crippen LogP contribution in [0.2, 0.25) is 0 Å². The van der Waals surface area contributed by atoms with E-state index in [1.807, 2.05) is 6.92 Å². The number of ether oxygens (including phenoxy) is 7. The zero-order valence-corrected chi connectivity index (χ0v) is 46.2. The van der Waals surface area contributed by atoms with Gasteiger partial charge in [-0.1, -0.05) is 66.2 Å². The highest BCUT2D eigenvalue weighted by Crippen LogP contribution is 2.69. The lowest BCUT2D eigenvalue weighted by Gasteiger charge is -2.63. The number of carbonyl (C=O) groups excluding carboxylic acids is 3. The van der Waals surface area contributed by atoms with Crippen molar-refractivity contribution in [1.29, 1.82) is 0 Å². The van der Waals surface area contributed by atoms with Gasteiger partial charge in [0.05, 0.1) is 37.9 Å². The van der Waals surface area contributed by atoms with Crippen molar-refractivity contribution in [3.05, 3.63) is 0 Å². The first-order valence-electron chi connectivity index (χ1n) is 29.2. The lowest BCUT2D eigenvalue weighted by atomic mass is 9.43. The van der Waals surface area contributed by atoms with E-state index in [-0.39, 0.29) is 65.5 Å². The van der Waals surface area contributed by atoms with Crippen LogP contribution in [0.1, 0.15) is 164 Å². The predicted octanol–water partition coefficient (Wildman–Crippen LogP) is 4.51. The summed E-state index contributed by atoms with van der Waals surface area (Å²) in [4.78, 5) is 53.6. The van der Waals surface area contributed by atoms with E-state index >= 15 is 4.79 Å². The number of nitrogens with one attached hydrogen (secondary N) is 1. The Labute approximate surface area is 449 Å². The number of carboxylic acids is 1. The summed E-state index contributed by atoms with van der Waals surface area (Å²) in [5, 5.41) is 68.4. The van der Waals surface area contributed by atoms with E-state index in [0.717, 1.165) is 83.5 Å². The second-order valence-corrected chi connectivity index (χ2v) is 25.5. The van der Waals surface area contributed by atoms with Crippen molar-refractivity contribution in [3.63, 3.8) is 0 Å². The molecule has 0 radical (unpaired) electrons. The summed E-state index contributed by atoms with van der Waals surface area (Å²) in [5.74, 6) is -1.80. The summed E-state index contributed by atoms with van der Waals surface area (Å²) in [7, 11) is 1.43. The molecule has 76 heavy (non-hydrogen) atoms. The first-order valence-corrected chi connectivity index (χ1v) is 29.2. The number of carboxylic acid groups (broad SMARTS) is 1. The van der Waals surface area contributed by atoms with Gasteiger partial charge in [0, 0.05) is 25.3 Å². The quantitative estimate of drug-likeness (QED) is 0.0876. The van der Waals surface area contributed by atoms with Crippen LogP contribution in [0.4, 0.5) is 0 Å². The molecule has 0 spiro atoms. The van der Waals surface area contributed by atoms with Crippen LogP contribution in [0.5, 0.6) is 0 Å². The highest BCUT2D eigenvalue weighted by atomic mass is 16.7. The SMILES string of the molecule is CCC1CC(C(=O)O[C@@H]2C[C@@H]3C[C@@H](N)CC[C@]3(C)[C@H]3CC[C@@]4(C)[C@@H](CC[C@H]4[C@H](C)CCC(=O)OC)[C@H]23)C[C@@H](O[C@@H]2O[C@H](CO)[C@H](O)[C@H](O[C@@H](CC3CCCCC3)C(=O)O)[C@H]2NC(C)=O)[C@@H]1OC1OC(C)C(O)C(O)C1O. The minimum atomic E-state index is -1.67. The van der Waals surface area contributed by atoms with Gasteiger partial charge >= 0.3 is 17.9 Å². The molecule has 19 heteroatoms. The molecule has 8 fully saturated rings. The van der Waals surface area contributed by atoms with Crippen molar-refractivity contribution in [2.75, 3.05) is 13.7 Å². The zero-order chi connectivity index (χ0) is 55.0. The lowest BCUT2D eigenvalue weighted by Crippen LogP contribution is -2.67. The van der Waals surface area contributed by atoms with Gasteiger partial charge in [-0.25, -0.2) is 4.79 Å². The average Bonchev–Trinajstić information content (AvgIpc) is 3.83. The maximum atomic E-state index is 15.3. The summed E-state index contributed by atoms with van der Waals surface area (Å²) < 4.78 is 44.2. The summed E-state index contributed by atoms with van der Waals surface area (Å²) in [6, 6.07) is -1.25. The van der Waals surface area contributed by atoms with Crippen LogP contribution in [0, 0.1) is 64.1 Å². The second-order valence-electron chi connectivity index (χ2n) is 25.5. The number of nitrogens with two attached hydrogens (primary N) is 1. The minimum Gasteiger partial charge on any atom is -0.479 e. The highest BCUT2D eigenvalue weighted by Gasteiger charge is 2.64. The number of hydrogen-bond acceptors (Lipinski definition) is 17. The lowest BCUT2D eigenvalue weighted by molar-refractivity contribution is -0.339. The number of hydrogen-bond donors (Lipinski definition) is 8. The molecule has 434 valence electrons. The third-order valence-corrected chi connectivity index (χ3v) is 21.1. The molecule has 19 nitrogen and oxygen atoms in total. The van der Waals surface area contributed by atoms with Crippen molar-refractivity contribution in [2.45, 2.75) is 255 Å². The fourth-order valence-electron chi connectivity index (χ4n) is 16.8. The fraction of sp³-hybridized carbons (Fsp3) is 0.930. The molecule has 2 heterocycles. The number of amides is 1. The van der Waals surface area contributed by atoms with Crippen molar-refractivity contribution in [2.24, 2.45) is 69.8 Å². The Morgan fingerprint density at radius 2 is 1.51 bits per heavy atom. The molecule has 0 bridgehead atoms. The van der Waals surface area contributed by atoms with E-state index in [2.05, 4.69) is 26.1 Å². The second kappa shape index (κ2) is 25.1. The van der Waals surface area contributed by atoms with Gasteiger partial charge in [-0.15, -0.1) is 0 Å². The molecular weight excluding hydrogens is 985 g/mol. The fourth-order valence-corrected chi connectivity index (χ4v) is 16.8. The summed E-state index contributed by atoms with van der Waals surface area (Å²) in [6.45, 7) is 11.2. The first kappa shape index (κ1) is 59.6. The van der Waals surface area contributed by atoms with Crippen LogP contribution in [0.3, 0.4) is 0 Å². The van der Waals surface area contributed by atoms with Gasteiger partial charge in [-0.3, -0.25) is 14.4 Å². The van der Waals surface area contributed by atoms with Crippen molar-refractivity contribution in [3.8, 4) is 0 Å². The van der Waals surface area contributed by atoms with Crippen LogP contribution in [-0.2, 0) is 52.3 Å². The van der Waals surface area contributed by atoms with Gasteiger partial charge in [0.1, 0.15) is 48.8 Å². The predicted molar refractivity (Wildman–Crippen MR) is 274 cm³/mol. The number of carbonyl (C=O) groups is 4. The van der Waals surface area contributed by atoms with Gasteiger partial charge in [0.2, 0.25) is 5.91 Å². The van der Waals surface area contributed by atoms with E-state index in [0.29, 0.717) is 49.4 Å². The number of methoxy groups -OCH3 is 1. The molecule has 1 amide bonds. The van der Waals surface area contributed by atoms with Gasteiger partial charge in [0.25, 0.3) is 0 Å². The molecule has 6 saturated carbocycles. The molecule has 8 rings (SSSR count). The van der Waals surface area contributed by atoms with Crippen molar-refractivity contribution >= 4 is 23.8 Å². The number of esters is 2. The summed E-state index contributed by atoms with van der Waals surface area (Å²) >= 11 is 0. The van der Waals surface area contributed by atoms with Gasteiger partial charge in [-0.05, 0) is 136 Å². The molecule has 0 aromatic heterocycles. The maximum Gasteiger partial charge on any atom is 0.332 e. The van der Waals surface area contributed by atoms with E-state index < -0.39 is 110 Å². The molecular formula is C57H94N2O17. The Morgan fingerprint density at radius 1 is 0.803 bits per heavy atom. The topological polar surface area (TPSA) is 292 Å². The first-order chi connectivity index (χ1) is 36.1. The largest absolute Gasteiger partial charge is 0.479 e. The smallest absolute Gasteiger partial charge is 0.332 e. The normalized spacial score (nSPS) is 45.6. The van der Waals surface area contributed by atoms with Crippen LogP contribution >= 0.6 is 0 Å². The van der Waals surface area contributed by atoms with E-state index in [4.69, 9.17) is 38.9 Å². The van der Waals surface area contributed by atoms with E-state index in [1.165, 1.54) is 14.0 Å². The number of rotatable bonds is 18. The Bertz CT molecular complexity index is 1980. The number of aliphatic carboxylic acids is 1. The summed E-state index contributed by atoms with van der Waals surface area (Å²) in [5.41, 5.74) is 6.74. The van der Waals surface area contributed by atoms with Crippen LogP contribution in [0.25, 0.3) is 0 Å². The third kappa shape index (κ3) is 12.3. The van der Waals surface area contributed by atoms with Crippen molar-refractivity contribution in [1.82, 2.24) is 5.32 Å². The standard InChI is InChI=1S/C57H94N2O17/c1-8-32-23-33(53(69)73-39-26-34-25-35(58)18-20-56(34,5)38-19-21-57(6)36(15-16-37(57)44(38)39)28(2)14-17-43(62)70-7)24-40(50(32)76-55-49(66)48(65)46(63)29(3)71-55)74-54-45(59-30(4)61)51(47(64)42(27-60)75-54)72-41(52(67)68)22-31-12-10-9-11-13-31/h28-29,31-42,44-51,54-55,60,63-66H,8-27,58H2,1-7H3,(H,59,61)(H,67,68)/t28-,29?,32?,33?,34+,35+,36+,37+,38+,39-,40-,41+,42-,44+,45-,46?,47+,48?,49?,50-,51-,54-,55?,56+,57-/m1/s1. The van der Waals surface area contributed by atoms with Crippen LogP contribution < -0.4 is 11.1 Å². The van der Waals surface area contributed by atoms with E-state index in [1.54, 1.807) is 6.92 Å². The molecule has 2 aliphatic heterocycles. The van der Waals surface area contributed by atoms with E-state index in [9.17, 15) is 45.0 Å². The van der Waals surface area contributed by atoms with Gasteiger partial charge in [-0.2, -0.15) is 0 Å². The Balaban J connectivity index is 1.10. The molecule has 7 unspecified atom stereocenters. The molecule has 9 N–H and O–H groups in total.